The Balaban J connectivity index is 1.77. The molecule has 1 N–H and O–H groups in total. The van der Waals surface area contributed by atoms with Crippen LogP contribution in [0.4, 0.5) is 5.69 Å². The van der Waals surface area contributed by atoms with Crippen LogP contribution in [0.5, 0.6) is 0 Å². The number of hydrogen-bond donors (Lipinski definition) is 1. The third-order valence-corrected chi connectivity index (χ3v) is 4.50. The number of aryl methyl sites for hydroxylation is 2. The number of nitrogens with zero attached hydrogens (tertiary/aromatic N) is 1. The summed E-state index contributed by atoms with van der Waals surface area (Å²) in [6, 6.07) is 9.40. The van der Waals surface area contributed by atoms with Crippen molar-refractivity contribution in [1.29, 1.82) is 0 Å². The Bertz CT molecular complexity index is 797. The number of rotatable bonds is 3. The van der Waals surface area contributed by atoms with Gasteiger partial charge in [-0.2, -0.15) is 0 Å². The second kappa shape index (κ2) is 5.61. The third-order valence-electron chi connectivity index (χ3n) is 4.16. The molecule has 5 heteroatoms. The zero-order chi connectivity index (χ0) is 15.9. The maximum absolute atomic E-state index is 12.4. The van der Waals surface area contributed by atoms with Crippen LogP contribution in [-0.4, -0.2) is 10.5 Å². The Hall–Kier alpha value is -2.07. The second-order valence-electron chi connectivity index (χ2n) is 5.75. The van der Waals surface area contributed by atoms with E-state index in [1.807, 2.05) is 37.3 Å². The van der Waals surface area contributed by atoms with Crippen molar-refractivity contribution in [3.63, 3.8) is 0 Å². The lowest BCUT2D eigenvalue weighted by Gasteiger charge is -2.09. The molecular formula is C17H17ClN2O2. The van der Waals surface area contributed by atoms with Crippen LogP contribution in [0.1, 0.15) is 23.5 Å². The normalized spacial score (nSPS) is 19.8. The molecule has 2 atom stereocenters. The van der Waals surface area contributed by atoms with Crippen molar-refractivity contribution in [3.8, 4) is 0 Å². The van der Waals surface area contributed by atoms with Crippen LogP contribution in [0.15, 0.2) is 41.3 Å². The van der Waals surface area contributed by atoms with Crippen LogP contribution in [0.2, 0.25) is 5.02 Å². The molecular weight excluding hydrogens is 300 g/mol. The van der Waals surface area contributed by atoms with Crippen molar-refractivity contribution in [3.05, 3.63) is 63.0 Å². The summed E-state index contributed by atoms with van der Waals surface area (Å²) >= 11 is 6.18. The minimum atomic E-state index is -0.191. The van der Waals surface area contributed by atoms with Gasteiger partial charge in [-0.05, 0) is 42.5 Å². The highest BCUT2D eigenvalue weighted by atomic mass is 35.5. The van der Waals surface area contributed by atoms with E-state index in [1.54, 1.807) is 13.2 Å². The second-order valence-corrected chi connectivity index (χ2v) is 6.16. The van der Waals surface area contributed by atoms with E-state index in [0.717, 1.165) is 17.5 Å². The molecule has 3 rings (SSSR count). The van der Waals surface area contributed by atoms with E-state index in [9.17, 15) is 9.59 Å². The first kappa shape index (κ1) is 14.9. The topological polar surface area (TPSA) is 51.1 Å². The van der Waals surface area contributed by atoms with Crippen molar-refractivity contribution in [2.24, 2.45) is 13.0 Å². The lowest BCUT2D eigenvalue weighted by Crippen LogP contribution is -2.26. The van der Waals surface area contributed by atoms with Gasteiger partial charge in [-0.3, -0.25) is 9.59 Å². The van der Waals surface area contributed by atoms with Gasteiger partial charge in [-0.25, -0.2) is 0 Å². The monoisotopic (exact) mass is 316 g/mol. The summed E-state index contributed by atoms with van der Waals surface area (Å²) in [5.74, 6) is -0.0953. The van der Waals surface area contributed by atoms with Gasteiger partial charge in [0.15, 0.2) is 0 Å². The Morgan fingerprint density at radius 3 is 2.77 bits per heavy atom. The van der Waals surface area contributed by atoms with Crippen LogP contribution < -0.4 is 10.9 Å². The minimum Gasteiger partial charge on any atom is -0.321 e. The molecule has 1 amide bonds. The molecule has 0 aliphatic heterocycles. The predicted octanol–water partition coefficient (Wildman–Crippen LogP) is 3.09. The number of aromatic nitrogens is 1. The zero-order valence-electron chi connectivity index (χ0n) is 12.5. The molecule has 1 saturated carbocycles. The van der Waals surface area contributed by atoms with E-state index in [2.05, 4.69) is 5.32 Å². The number of benzene rings is 1. The summed E-state index contributed by atoms with van der Waals surface area (Å²) in [6.07, 6.45) is 2.46. The molecule has 1 fully saturated rings. The van der Waals surface area contributed by atoms with Crippen LogP contribution in [-0.2, 0) is 11.8 Å². The number of anilines is 1. The maximum Gasteiger partial charge on any atom is 0.274 e. The van der Waals surface area contributed by atoms with Crippen molar-refractivity contribution in [1.82, 2.24) is 4.57 Å². The molecule has 0 unspecified atom stereocenters. The molecule has 22 heavy (non-hydrogen) atoms. The average Bonchev–Trinajstić information content (AvgIpc) is 3.28. The number of nitrogens with one attached hydrogen (secondary N) is 1. The highest BCUT2D eigenvalue weighted by molar-refractivity contribution is 6.31. The highest BCUT2D eigenvalue weighted by Gasteiger charge is 2.45. The Kier molecular flexibility index (Phi) is 3.79. The van der Waals surface area contributed by atoms with Gasteiger partial charge in [0, 0.05) is 24.2 Å². The molecule has 0 radical (unpaired) electrons. The van der Waals surface area contributed by atoms with Gasteiger partial charge in [0.1, 0.15) is 5.69 Å². The molecule has 0 saturated heterocycles. The summed E-state index contributed by atoms with van der Waals surface area (Å²) in [5, 5.41) is 3.47. The molecule has 1 aromatic heterocycles. The summed E-state index contributed by atoms with van der Waals surface area (Å²) in [4.78, 5) is 24.5. The van der Waals surface area contributed by atoms with Gasteiger partial charge in [0.25, 0.3) is 5.56 Å². The number of halogens is 1. The quantitative estimate of drug-likeness (QED) is 0.946. The van der Waals surface area contributed by atoms with Crippen molar-refractivity contribution in [2.75, 3.05) is 5.32 Å². The van der Waals surface area contributed by atoms with E-state index in [1.165, 1.54) is 4.57 Å². The summed E-state index contributed by atoms with van der Waals surface area (Å²) in [7, 11) is 1.67. The maximum atomic E-state index is 12.4. The fraction of sp³-hybridized carbons (Fsp3) is 0.294. The van der Waals surface area contributed by atoms with Crippen LogP contribution >= 0.6 is 11.6 Å². The van der Waals surface area contributed by atoms with Crippen molar-refractivity contribution < 1.29 is 4.79 Å². The van der Waals surface area contributed by atoms with E-state index in [0.29, 0.717) is 10.7 Å². The first-order valence-corrected chi connectivity index (χ1v) is 7.58. The SMILES string of the molecule is Cc1ccn(C)c(=O)c1NC(=O)[C@@H]1C[C@H]1c1ccccc1Cl. The molecule has 4 nitrogen and oxygen atoms in total. The first-order chi connectivity index (χ1) is 10.5. The largest absolute Gasteiger partial charge is 0.321 e. The molecule has 0 spiro atoms. The predicted molar refractivity (Wildman–Crippen MR) is 87.3 cm³/mol. The number of carbonyl (C=O) groups is 1. The molecule has 114 valence electrons. The molecule has 1 aromatic carbocycles. The van der Waals surface area contributed by atoms with Gasteiger partial charge in [0.05, 0.1) is 0 Å². The smallest absolute Gasteiger partial charge is 0.274 e. The van der Waals surface area contributed by atoms with Gasteiger partial charge in [0.2, 0.25) is 5.91 Å². The molecule has 0 bridgehead atoms. The van der Waals surface area contributed by atoms with E-state index < -0.39 is 0 Å². The summed E-state index contributed by atoms with van der Waals surface area (Å²) in [5.41, 5.74) is 1.94. The Morgan fingerprint density at radius 1 is 1.32 bits per heavy atom. The molecule has 1 aliphatic rings. The standard InChI is InChI=1S/C17H17ClN2O2/c1-10-7-8-20(2)17(22)15(10)19-16(21)13-9-12(13)11-5-3-4-6-14(11)18/h3-8,12-13H,9H2,1-2H3,(H,19,21)/t12-,13+/m0/s1. The van der Waals surface area contributed by atoms with Gasteiger partial charge < -0.3 is 9.88 Å². The zero-order valence-corrected chi connectivity index (χ0v) is 13.2. The molecule has 1 heterocycles. The van der Waals surface area contributed by atoms with Crippen LogP contribution in [0.3, 0.4) is 0 Å². The van der Waals surface area contributed by atoms with Gasteiger partial charge in [-0.15, -0.1) is 0 Å². The van der Waals surface area contributed by atoms with E-state index >= 15 is 0 Å². The summed E-state index contributed by atoms with van der Waals surface area (Å²) < 4.78 is 1.46. The van der Waals surface area contributed by atoms with E-state index in [-0.39, 0.29) is 23.3 Å². The fourth-order valence-corrected chi connectivity index (χ4v) is 2.97. The number of carbonyl (C=O) groups excluding carboxylic acids is 1. The number of hydrogen-bond acceptors (Lipinski definition) is 2. The lowest BCUT2D eigenvalue weighted by atomic mass is 10.1. The Morgan fingerprint density at radius 2 is 2.05 bits per heavy atom. The van der Waals surface area contributed by atoms with Gasteiger partial charge in [-0.1, -0.05) is 29.8 Å². The fourth-order valence-electron chi connectivity index (χ4n) is 2.69. The Labute approximate surface area is 133 Å². The van der Waals surface area contributed by atoms with E-state index in [4.69, 9.17) is 11.6 Å². The molecule has 1 aliphatic carbocycles. The highest BCUT2D eigenvalue weighted by Crippen LogP contribution is 2.49. The molecule has 2 aromatic rings. The number of pyridine rings is 1. The van der Waals surface area contributed by atoms with Crippen LogP contribution in [0, 0.1) is 12.8 Å². The summed E-state index contributed by atoms with van der Waals surface area (Å²) in [6.45, 7) is 1.81. The average molecular weight is 317 g/mol. The van der Waals surface area contributed by atoms with Crippen molar-refractivity contribution in [2.45, 2.75) is 19.3 Å². The first-order valence-electron chi connectivity index (χ1n) is 7.20. The van der Waals surface area contributed by atoms with Crippen LogP contribution in [0.25, 0.3) is 0 Å². The van der Waals surface area contributed by atoms with Crippen molar-refractivity contribution >= 4 is 23.2 Å². The van der Waals surface area contributed by atoms with Gasteiger partial charge >= 0.3 is 0 Å². The third kappa shape index (κ3) is 2.66. The number of amides is 1. The minimum absolute atomic E-state index is 0.115. The lowest BCUT2D eigenvalue weighted by molar-refractivity contribution is -0.117.